The lowest BCUT2D eigenvalue weighted by molar-refractivity contribution is -0.130. The number of likely N-dealkylation sites (tertiary alicyclic amines) is 1. The molecule has 0 aromatic heterocycles. The van der Waals surface area contributed by atoms with Crippen LogP contribution < -0.4 is 5.73 Å². The molecule has 0 spiro atoms. The number of amides is 2. The van der Waals surface area contributed by atoms with Crippen LogP contribution in [0.2, 0.25) is 0 Å². The first-order chi connectivity index (χ1) is 7.68. The maximum Gasteiger partial charge on any atom is 0.260 e. The highest BCUT2D eigenvalue weighted by Crippen LogP contribution is 2.13. The van der Waals surface area contributed by atoms with E-state index >= 15 is 0 Å². The Bertz CT molecular complexity index is 403. The molecule has 2 amide bonds. The van der Waals surface area contributed by atoms with Gasteiger partial charge in [0.1, 0.15) is 0 Å². The van der Waals surface area contributed by atoms with Gasteiger partial charge in [0.2, 0.25) is 5.91 Å². The Morgan fingerprint density at radius 1 is 1.31 bits per heavy atom. The van der Waals surface area contributed by atoms with Gasteiger partial charge in [-0.2, -0.15) is 0 Å². The minimum Gasteiger partial charge on any atom is -0.327 e. The average Bonchev–Trinajstić information content (AvgIpc) is 2.29. The summed E-state index contributed by atoms with van der Waals surface area (Å²) in [6.45, 7) is 0.424. The molecule has 1 aromatic rings. The van der Waals surface area contributed by atoms with Crippen molar-refractivity contribution in [3.05, 3.63) is 35.9 Å². The molecule has 1 unspecified atom stereocenters. The van der Waals surface area contributed by atoms with Crippen molar-refractivity contribution in [2.75, 3.05) is 6.54 Å². The van der Waals surface area contributed by atoms with Crippen molar-refractivity contribution in [1.29, 1.82) is 0 Å². The highest BCUT2D eigenvalue weighted by atomic mass is 16.2. The van der Waals surface area contributed by atoms with Crippen molar-refractivity contribution in [3.8, 4) is 0 Å². The van der Waals surface area contributed by atoms with E-state index in [1.165, 1.54) is 4.90 Å². The van der Waals surface area contributed by atoms with E-state index in [9.17, 15) is 9.59 Å². The second-order valence-corrected chi connectivity index (χ2v) is 3.97. The maximum absolute atomic E-state index is 12.0. The molecule has 1 atom stereocenters. The Kier molecular flexibility index (Phi) is 3.01. The van der Waals surface area contributed by atoms with Gasteiger partial charge in [0.05, 0.1) is 0 Å². The first-order valence-corrected chi connectivity index (χ1v) is 5.34. The zero-order valence-electron chi connectivity index (χ0n) is 8.93. The van der Waals surface area contributed by atoms with Crippen LogP contribution in [0.3, 0.4) is 0 Å². The molecule has 1 saturated heterocycles. The smallest absolute Gasteiger partial charge is 0.260 e. The van der Waals surface area contributed by atoms with E-state index < -0.39 is 0 Å². The Morgan fingerprint density at radius 3 is 2.62 bits per heavy atom. The number of nitrogens with zero attached hydrogens (tertiary/aromatic N) is 1. The van der Waals surface area contributed by atoms with Gasteiger partial charge in [0.25, 0.3) is 5.91 Å². The fourth-order valence-corrected chi connectivity index (χ4v) is 1.81. The van der Waals surface area contributed by atoms with Crippen molar-refractivity contribution >= 4 is 11.8 Å². The van der Waals surface area contributed by atoms with Crippen LogP contribution in [-0.4, -0.2) is 29.3 Å². The molecule has 0 radical (unpaired) electrons. The SMILES string of the molecule is NC1CCN(C(=O)c2ccccc2)C(=O)C1. The van der Waals surface area contributed by atoms with Gasteiger partial charge in [-0.3, -0.25) is 14.5 Å². The number of nitrogens with two attached hydrogens (primary N) is 1. The highest BCUT2D eigenvalue weighted by Gasteiger charge is 2.28. The number of benzene rings is 1. The molecule has 1 aliphatic heterocycles. The maximum atomic E-state index is 12.0. The normalized spacial score (nSPS) is 20.9. The Morgan fingerprint density at radius 2 is 2.00 bits per heavy atom. The first kappa shape index (κ1) is 10.8. The minimum absolute atomic E-state index is 0.104. The minimum atomic E-state index is -0.225. The fourth-order valence-electron chi connectivity index (χ4n) is 1.81. The van der Waals surface area contributed by atoms with Crippen molar-refractivity contribution < 1.29 is 9.59 Å². The van der Waals surface area contributed by atoms with Gasteiger partial charge in [-0.05, 0) is 18.6 Å². The molecule has 0 saturated carbocycles. The van der Waals surface area contributed by atoms with Gasteiger partial charge in [0.15, 0.2) is 0 Å². The lowest BCUT2D eigenvalue weighted by Crippen LogP contribution is -2.46. The predicted octanol–water partition coefficient (Wildman–Crippen LogP) is 0.776. The summed E-state index contributed by atoms with van der Waals surface area (Å²) < 4.78 is 0. The zero-order valence-corrected chi connectivity index (χ0v) is 8.93. The van der Waals surface area contributed by atoms with Crippen molar-refractivity contribution in [2.45, 2.75) is 18.9 Å². The van der Waals surface area contributed by atoms with Crippen molar-refractivity contribution in [2.24, 2.45) is 5.73 Å². The summed E-state index contributed by atoms with van der Waals surface area (Å²) in [5.41, 5.74) is 6.21. The highest BCUT2D eigenvalue weighted by molar-refractivity contribution is 6.05. The molecule has 2 N–H and O–H groups in total. The van der Waals surface area contributed by atoms with E-state index in [0.29, 0.717) is 18.5 Å². The van der Waals surface area contributed by atoms with Crippen LogP contribution in [0.15, 0.2) is 30.3 Å². The quantitative estimate of drug-likeness (QED) is 0.708. The number of hydrogen-bond donors (Lipinski definition) is 1. The van der Waals surface area contributed by atoms with Crippen LogP contribution in [0.4, 0.5) is 0 Å². The molecule has 1 heterocycles. The van der Waals surface area contributed by atoms with Gasteiger partial charge in [0, 0.05) is 24.6 Å². The largest absolute Gasteiger partial charge is 0.327 e. The number of imide groups is 1. The molecule has 4 heteroatoms. The number of carbonyl (C=O) groups is 2. The van der Waals surface area contributed by atoms with Crippen LogP contribution in [0.5, 0.6) is 0 Å². The molecular formula is C12H14N2O2. The summed E-state index contributed by atoms with van der Waals surface area (Å²) in [5.74, 6) is -0.398. The summed E-state index contributed by atoms with van der Waals surface area (Å²) in [6.07, 6.45) is 0.947. The van der Waals surface area contributed by atoms with Crippen LogP contribution in [-0.2, 0) is 4.79 Å². The summed E-state index contributed by atoms with van der Waals surface area (Å²) in [4.78, 5) is 24.9. The van der Waals surface area contributed by atoms with E-state index in [1.807, 2.05) is 6.07 Å². The number of hydrogen-bond acceptors (Lipinski definition) is 3. The lowest BCUT2D eigenvalue weighted by atomic mass is 10.0. The van der Waals surface area contributed by atoms with Crippen molar-refractivity contribution in [1.82, 2.24) is 4.90 Å². The van der Waals surface area contributed by atoms with Gasteiger partial charge >= 0.3 is 0 Å². The van der Waals surface area contributed by atoms with E-state index in [1.54, 1.807) is 24.3 Å². The molecule has 1 aromatic carbocycles. The Labute approximate surface area is 94.0 Å². The number of carbonyl (C=O) groups excluding carboxylic acids is 2. The molecular weight excluding hydrogens is 204 g/mol. The van der Waals surface area contributed by atoms with Crippen LogP contribution >= 0.6 is 0 Å². The molecule has 1 fully saturated rings. The molecule has 2 rings (SSSR count). The van der Waals surface area contributed by atoms with Gasteiger partial charge < -0.3 is 5.73 Å². The second kappa shape index (κ2) is 4.45. The molecule has 4 nitrogen and oxygen atoms in total. The molecule has 1 aliphatic rings. The van der Waals surface area contributed by atoms with Crippen LogP contribution in [0.1, 0.15) is 23.2 Å². The van der Waals surface area contributed by atoms with Gasteiger partial charge in [-0.1, -0.05) is 18.2 Å². The third-order valence-corrected chi connectivity index (χ3v) is 2.73. The molecule has 0 bridgehead atoms. The Hall–Kier alpha value is -1.68. The van der Waals surface area contributed by atoms with E-state index in [-0.39, 0.29) is 24.3 Å². The monoisotopic (exact) mass is 218 g/mol. The van der Waals surface area contributed by atoms with Crippen LogP contribution in [0, 0.1) is 0 Å². The van der Waals surface area contributed by atoms with Crippen LogP contribution in [0.25, 0.3) is 0 Å². The topological polar surface area (TPSA) is 63.4 Å². The second-order valence-electron chi connectivity index (χ2n) is 3.97. The lowest BCUT2D eigenvalue weighted by Gasteiger charge is -2.28. The number of rotatable bonds is 1. The Balaban J connectivity index is 2.14. The van der Waals surface area contributed by atoms with E-state index in [0.717, 1.165) is 0 Å². The fraction of sp³-hybridized carbons (Fsp3) is 0.333. The summed E-state index contributed by atoms with van der Waals surface area (Å²) in [5, 5.41) is 0. The van der Waals surface area contributed by atoms with Crippen molar-refractivity contribution in [3.63, 3.8) is 0 Å². The van der Waals surface area contributed by atoms with E-state index in [4.69, 9.17) is 5.73 Å². The third-order valence-electron chi connectivity index (χ3n) is 2.73. The summed E-state index contributed by atoms with van der Waals surface area (Å²) >= 11 is 0. The standard InChI is InChI=1S/C12H14N2O2/c13-10-6-7-14(11(15)8-10)12(16)9-4-2-1-3-5-9/h1-5,10H,6-8,13H2. The van der Waals surface area contributed by atoms with Gasteiger partial charge in [-0.15, -0.1) is 0 Å². The summed E-state index contributed by atoms with van der Waals surface area (Å²) in [6, 6.07) is 8.73. The van der Waals surface area contributed by atoms with E-state index in [2.05, 4.69) is 0 Å². The number of piperidine rings is 1. The molecule has 0 aliphatic carbocycles. The zero-order chi connectivity index (χ0) is 11.5. The molecule has 84 valence electrons. The third kappa shape index (κ3) is 2.12. The predicted molar refractivity (Wildman–Crippen MR) is 59.7 cm³/mol. The van der Waals surface area contributed by atoms with Gasteiger partial charge in [-0.25, -0.2) is 0 Å². The average molecular weight is 218 g/mol. The molecule has 16 heavy (non-hydrogen) atoms. The first-order valence-electron chi connectivity index (χ1n) is 5.34. The summed E-state index contributed by atoms with van der Waals surface area (Å²) in [7, 11) is 0.